The normalized spacial score (nSPS) is 10.5. The first kappa shape index (κ1) is 20.3. The van der Waals surface area contributed by atoms with Crippen LogP contribution in [0.1, 0.15) is 5.56 Å². The van der Waals surface area contributed by atoms with E-state index in [-0.39, 0.29) is 18.4 Å². The van der Waals surface area contributed by atoms with Crippen molar-refractivity contribution in [2.75, 3.05) is 33.1 Å². The fourth-order valence-corrected chi connectivity index (χ4v) is 2.37. The number of nitrogens with one attached hydrogen (secondary N) is 1. The second-order valence-corrected chi connectivity index (χ2v) is 6.17. The van der Waals surface area contributed by atoms with Crippen LogP contribution in [0.15, 0.2) is 48.5 Å². The number of likely N-dealkylation sites (N-methyl/N-ethyl adjacent to an activating group) is 1. The molecule has 0 saturated heterocycles. The third-order valence-electron chi connectivity index (χ3n) is 3.68. The number of nitrogens with zero attached hydrogens (tertiary/aromatic N) is 1. The summed E-state index contributed by atoms with van der Waals surface area (Å²) in [5.41, 5.74) is 1.36. The molecule has 7 heteroatoms. The molecule has 27 heavy (non-hydrogen) atoms. The van der Waals surface area contributed by atoms with Gasteiger partial charge in [0.15, 0.2) is 0 Å². The average molecular weight is 389 g/mol. The Bertz CT molecular complexity index is 812. The Hall–Kier alpha value is -2.99. The maximum absolute atomic E-state index is 12.2. The van der Waals surface area contributed by atoms with Gasteiger partial charge in [0.2, 0.25) is 11.8 Å². The van der Waals surface area contributed by atoms with Gasteiger partial charge >= 0.3 is 0 Å². The zero-order chi connectivity index (χ0) is 19.8. The fraction of sp³-hybridized carbons (Fsp3) is 0.200. The van der Waals surface area contributed by atoms with Gasteiger partial charge in [-0.05, 0) is 48.0 Å². The van der Waals surface area contributed by atoms with Crippen molar-refractivity contribution in [2.45, 2.75) is 0 Å². The van der Waals surface area contributed by atoms with Gasteiger partial charge in [0.1, 0.15) is 11.5 Å². The number of ether oxygens (including phenoxy) is 2. The van der Waals surface area contributed by atoms with Gasteiger partial charge in [0.25, 0.3) is 0 Å². The molecule has 2 amide bonds. The van der Waals surface area contributed by atoms with E-state index in [2.05, 4.69) is 5.32 Å². The average Bonchev–Trinajstić information content (AvgIpc) is 2.67. The SMILES string of the molecule is COc1cc(/C=C/C(=O)N(C)CC(=O)Nc2ccc(Cl)cc2)cc(OC)c1. The highest BCUT2D eigenvalue weighted by Gasteiger charge is 2.11. The standard InChI is InChI=1S/C20H21ClN2O4/c1-23(13-19(24)22-16-7-5-15(21)6-8-16)20(25)9-4-14-10-17(26-2)12-18(11-14)27-3/h4-12H,13H2,1-3H3,(H,22,24)/b9-4+. The summed E-state index contributed by atoms with van der Waals surface area (Å²) < 4.78 is 10.4. The second-order valence-electron chi connectivity index (χ2n) is 5.73. The van der Waals surface area contributed by atoms with Gasteiger partial charge in [0, 0.05) is 29.9 Å². The molecule has 0 aliphatic carbocycles. The summed E-state index contributed by atoms with van der Waals surface area (Å²) in [5.74, 6) is 0.641. The molecule has 6 nitrogen and oxygen atoms in total. The first-order valence-electron chi connectivity index (χ1n) is 8.13. The number of methoxy groups -OCH3 is 2. The van der Waals surface area contributed by atoms with E-state index in [0.29, 0.717) is 22.2 Å². The van der Waals surface area contributed by atoms with Crippen LogP contribution in [-0.2, 0) is 9.59 Å². The summed E-state index contributed by atoms with van der Waals surface area (Å²) in [6, 6.07) is 12.0. The molecule has 0 bridgehead atoms. The number of amides is 2. The van der Waals surface area contributed by atoms with Crippen LogP contribution in [0, 0.1) is 0 Å². The lowest BCUT2D eigenvalue weighted by molar-refractivity contribution is -0.129. The molecule has 0 radical (unpaired) electrons. The molecule has 0 spiro atoms. The number of carbonyl (C=O) groups is 2. The van der Waals surface area contributed by atoms with Crippen molar-refractivity contribution in [1.82, 2.24) is 4.90 Å². The molecule has 2 aromatic carbocycles. The van der Waals surface area contributed by atoms with Gasteiger partial charge in [-0.15, -0.1) is 0 Å². The molecular formula is C20H21ClN2O4. The predicted molar refractivity (Wildman–Crippen MR) is 106 cm³/mol. The van der Waals surface area contributed by atoms with Gasteiger partial charge in [-0.1, -0.05) is 11.6 Å². The number of halogens is 1. The predicted octanol–water partition coefficient (Wildman–Crippen LogP) is 3.47. The minimum atomic E-state index is -0.303. The van der Waals surface area contributed by atoms with Crippen molar-refractivity contribution in [3.05, 3.63) is 59.1 Å². The van der Waals surface area contributed by atoms with Crippen molar-refractivity contribution in [3.8, 4) is 11.5 Å². The van der Waals surface area contributed by atoms with Crippen molar-refractivity contribution in [1.29, 1.82) is 0 Å². The van der Waals surface area contributed by atoms with Crippen LogP contribution < -0.4 is 14.8 Å². The van der Waals surface area contributed by atoms with Crippen molar-refractivity contribution < 1.29 is 19.1 Å². The largest absolute Gasteiger partial charge is 0.497 e. The van der Waals surface area contributed by atoms with E-state index in [1.807, 2.05) is 0 Å². The molecule has 2 rings (SSSR count). The van der Waals surface area contributed by atoms with Crippen LogP contribution in [0.2, 0.25) is 5.02 Å². The van der Waals surface area contributed by atoms with Gasteiger partial charge in [0.05, 0.1) is 20.8 Å². The van der Waals surface area contributed by atoms with Crippen LogP contribution in [0.5, 0.6) is 11.5 Å². The number of rotatable bonds is 7. The molecule has 0 aliphatic heterocycles. The third-order valence-corrected chi connectivity index (χ3v) is 3.93. The highest BCUT2D eigenvalue weighted by Crippen LogP contribution is 2.23. The smallest absolute Gasteiger partial charge is 0.246 e. The zero-order valence-electron chi connectivity index (χ0n) is 15.4. The molecule has 142 valence electrons. The fourth-order valence-electron chi connectivity index (χ4n) is 2.25. The topological polar surface area (TPSA) is 67.9 Å². The molecule has 0 saturated carbocycles. The second kappa shape index (κ2) is 9.64. The lowest BCUT2D eigenvalue weighted by Gasteiger charge is -2.15. The van der Waals surface area contributed by atoms with Crippen molar-refractivity contribution >= 4 is 35.2 Å². The quantitative estimate of drug-likeness (QED) is 0.737. The molecule has 0 aliphatic rings. The number of anilines is 1. The van der Waals surface area contributed by atoms with E-state index in [4.69, 9.17) is 21.1 Å². The first-order chi connectivity index (χ1) is 12.9. The maximum atomic E-state index is 12.2. The van der Waals surface area contributed by atoms with Gasteiger partial charge in [-0.2, -0.15) is 0 Å². The Balaban J connectivity index is 1.95. The summed E-state index contributed by atoms with van der Waals surface area (Å²) >= 11 is 5.81. The minimum Gasteiger partial charge on any atom is -0.497 e. The van der Waals surface area contributed by atoms with Crippen LogP contribution in [0.3, 0.4) is 0 Å². The van der Waals surface area contributed by atoms with E-state index < -0.39 is 0 Å². The van der Waals surface area contributed by atoms with E-state index in [9.17, 15) is 9.59 Å². The molecule has 0 unspecified atom stereocenters. The van der Waals surface area contributed by atoms with Crippen LogP contribution >= 0.6 is 11.6 Å². The van der Waals surface area contributed by atoms with Gasteiger partial charge < -0.3 is 19.7 Å². The van der Waals surface area contributed by atoms with E-state index >= 15 is 0 Å². The van der Waals surface area contributed by atoms with Crippen LogP contribution in [0.25, 0.3) is 6.08 Å². The highest BCUT2D eigenvalue weighted by atomic mass is 35.5. The van der Waals surface area contributed by atoms with Crippen LogP contribution in [-0.4, -0.2) is 44.5 Å². The Labute approximate surface area is 163 Å². The molecular weight excluding hydrogens is 368 g/mol. The van der Waals surface area contributed by atoms with E-state index in [0.717, 1.165) is 5.56 Å². The molecule has 1 N–H and O–H groups in total. The Morgan fingerprint density at radius 1 is 1.07 bits per heavy atom. The maximum Gasteiger partial charge on any atom is 0.246 e. The number of benzene rings is 2. The lowest BCUT2D eigenvalue weighted by atomic mass is 10.2. The van der Waals surface area contributed by atoms with Gasteiger partial charge in [-0.25, -0.2) is 0 Å². The van der Waals surface area contributed by atoms with E-state index in [1.54, 1.807) is 69.8 Å². The summed E-state index contributed by atoms with van der Waals surface area (Å²) in [5, 5.41) is 3.29. The van der Waals surface area contributed by atoms with Crippen LogP contribution in [0.4, 0.5) is 5.69 Å². The summed E-state index contributed by atoms with van der Waals surface area (Å²) in [4.78, 5) is 25.6. The molecule has 0 atom stereocenters. The summed E-state index contributed by atoms with van der Waals surface area (Å²) in [6.45, 7) is -0.0762. The lowest BCUT2D eigenvalue weighted by Crippen LogP contribution is -2.33. The van der Waals surface area contributed by atoms with Gasteiger partial charge in [-0.3, -0.25) is 9.59 Å². The first-order valence-corrected chi connectivity index (χ1v) is 8.50. The number of carbonyl (C=O) groups excluding carboxylic acids is 2. The molecule has 0 aromatic heterocycles. The Kier molecular flexibility index (Phi) is 7.25. The third kappa shape index (κ3) is 6.34. The van der Waals surface area contributed by atoms with E-state index in [1.165, 1.54) is 11.0 Å². The Morgan fingerprint density at radius 3 is 2.22 bits per heavy atom. The highest BCUT2D eigenvalue weighted by molar-refractivity contribution is 6.30. The Morgan fingerprint density at radius 2 is 1.67 bits per heavy atom. The number of hydrogen-bond donors (Lipinski definition) is 1. The molecule has 2 aromatic rings. The monoisotopic (exact) mass is 388 g/mol. The summed E-state index contributed by atoms with van der Waals surface area (Å²) in [6.07, 6.45) is 3.03. The summed E-state index contributed by atoms with van der Waals surface area (Å²) in [7, 11) is 4.67. The zero-order valence-corrected chi connectivity index (χ0v) is 16.1. The van der Waals surface area contributed by atoms with Crippen molar-refractivity contribution in [3.63, 3.8) is 0 Å². The molecule has 0 fully saturated rings. The molecule has 0 heterocycles. The minimum absolute atomic E-state index is 0.0762. The van der Waals surface area contributed by atoms with Crippen molar-refractivity contribution in [2.24, 2.45) is 0 Å². The number of hydrogen-bond acceptors (Lipinski definition) is 4.